The van der Waals surface area contributed by atoms with Crippen molar-refractivity contribution in [3.8, 4) is 0 Å². The minimum atomic E-state index is -0.961. The average Bonchev–Trinajstić information content (AvgIpc) is 2.25. The Morgan fingerprint density at radius 2 is 1.78 bits per heavy atom. The molecule has 0 heterocycles. The number of carbonyl (C=O) groups is 2. The van der Waals surface area contributed by atoms with Crippen molar-refractivity contribution >= 4 is 11.8 Å². The van der Waals surface area contributed by atoms with Crippen LogP contribution in [0.1, 0.15) is 24.2 Å². The second kappa shape index (κ2) is 6.09. The van der Waals surface area contributed by atoms with E-state index < -0.39 is 29.0 Å². The molecule has 0 aliphatic heterocycles. The molecule has 18 heavy (non-hydrogen) atoms. The first-order valence-corrected chi connectivity index (χ1v) is 5.43. The minimum Gasteiger partial charge on any atom is -0.352 e. The standard InChI is InChI=1S/C12H14F2N2O2/c1-7(2)16-10(17)6-15-12(18)11-8(13)4-3-5-9(11)14/h3-5,7H,6H2,1-2H3,(H,15,18)(H,16,17). The zero-order chi connectivity index (χ0) is 13.7. The van der Waals surface area contributed by atoms with E-state index in [9.17, 15) is 18.4 Å². The summed E-state index contributed by atoms with van der Waals surface area (Å²) in [4.78, 5) is 22.8. The highest BCUT2D eigenvalue weighted by atomic mass is 19.1. The summed E-state index contributed by atoms with van der Waals surface area (Å²) in [5, 5.41) is 4.69. The Morgan fingerprint density at radius 1 is 1.22 bits per heavy atom. The summed E-state index contributed by atoms with van der Waals surface area (Å²) < 4.78 is 26.5. The van der Waals surface area contributed by atoms with Crippen LogP contribution < -0.4 is 10.6 Å². The number of carbonyl (C=O) groups excluding carboxylic acids is 2. The van der Waals surface area contributed by atoms with E-state index in [-0.39, 0.29) is 12.6 Å². The number of benzene rings is 1. The summed E-state index contributed by atoms with van der Waals surface area (Å²) in [6.45, 7) is 3.19. The van der Waals surface area contributed by atoms with Gasteiger partial charge in [0.25, 0.3) is 5.91 Å². The predicted molar refractivity (Wildman–Crippen MR) is 62.0 cm³/mol. The number of halogens is 2. The van der Waals surface area contributed by atoms with Crippen LogP contribution in [0.25, 0.3) is 0 Å². The molecule has 2 N–H and O–H groups in total. The molecule has 0 radical (unpaired) electrons. The lowest BCUT2D eigenvalue weighted by atomic mass is 10.2. The molecule has 0 atom stereocenters. The van der Waals surface area contributed by atoms with E-state index in [1.165, 1.54) is 0 Å². The molecule has 0 spiro atoms. The summed E-state index contributed by atoms with van der Waals surface area (Å²) in [6.07, 6.45) is 0. The van der Waals surface area contributed by atoms with Gasteiger partial charge in [-0.25, -0.2) is 8.78 Å². The van der Waals surface area contributed by atoms with E-state index in [1.807, 2.05) is 0 Å². The highest BCUT2D eigenvalue weighted by molar-refractivity contribution is 5.96. The van der Waals surface area contributed by atoms with Crippen LogP contribution in [-0.2, 0) is 4.79 Å². The van der Waals surface area contributed by atoms with Crippen LogP contribution in [0, 0.1) is 11.6 Å². The topological polar surface area (TPSA) is 58.2 Å². The van der Waals surface area contributed by atoms with Gasteiger partial charge in [-0.05, 0) is 26.0 Å². The SMILES string of the molecule is CC(C)NC(=O)CNC(=O)c1c(F)cccc1F. The van der Waals surface area contributed by atoms with Crippen LogP contribution in [0.5, 0.6) is 0 Å². The van der Waals surface area contributed by atoms with Gasteiger partial charge in [-0.2, -0.15) is 0 Å². The van der Waals surface area contributed by atoms with Crippen LogP contribution >= 0.6 is 0 Å². The molecule has 0 aromatic heterocycles. The first-order valence-electron chi connectivity index (χ1n) is 5.43. The molecule has 6 heteroatoms. The van der Waals surface area contributed by atoms with Crippen LogP contribution in [0.15, 0.2) is 18.2 Å². The van der Waals surface area contributed by atoms with Gasteiger partial charge in [0.15, 0.2) is 0 Å². The molecule has 1 aromatic rings. The van der Waals surface area contributed by atoms with Crippen molar-refractivity contribution in [3.63, 3.8) is 0 Å². The van der Waals surface area contributed by atoms with Crippen molar-refractivity contribution < 1.29 is 18.4 Å². The number of rotatable bonds is 4. The third-order valence-electron chi connectivity index (χ3n) is 2.05. The van der Waals surface area contributed by atoms with Crippen LogP contribution in [-0.4, -0.2) is 24.4 Å². The van der Waals surface area contributed by atoms with Gasteiger partial charge in [0.05, 0.1) is 6.54 Å². The van der Waals surface area contributed by atoms with E-state index in [2.05, 4.69) is 10.6 Å². The van der Waals surface area contributed by atoms with Crippen molar-refractivity contribution in [1.82, 2.24) is 10.6 Å². The van der Waals surface area contributed by atoms with Gasteiger partial charge in [-0.15, -0.1) is 0 Å². The minimum absolute atomic E-state index is 0.0698. The number of hydrogen-bond acceptors (Lipinski definition) is 2. The summed E-state index contributed by atoms with van der Waals surface area (Å²) in [7, 11) is 0. The normalized spacial score (nSPS) is 10.3. The monoisotopic (exact) mass is 256 g/mol. The first-order chi connectivity index (χ1) is 8.41. The Morgan fingerprint density at radius 3 is 2.28 bits per heavy atom. The molecular formula is C12H14F2N2O2. The van der Waals surface area contributed by atoms with Crippen molar-refractivity contribution in [1.29, 1.82) is 0 Å². The molecule has 2 amide bonds. The van der Waals surface area contributed by atoms with Crippen LogP contribution in [0.4, 0.5) is 8.78 Å². The Labute approximate surface area is 103 Å². The fraction of sp³-hybridized carbons (Fsp3) is 0.333. The first kappa shape index (κ1) is 14.1. The highest BCUT2D eigenvalue weighted by Crippen LogP contribution is 2.11. The Hall–Kier alpha value is -1.98. The summed E-state index contributed by atoms with van der Waals surface area (Å²) in [5.41, 5.74) is -0.685. The lowest BCUT2D eigenvalue weighted by Gasteiger charge is -2.09. The third-order valence-corrected chi connectivity index (χ3v) is 2.05. The summed E-state index contributed by atoms with van der Waals surface area (Å²) >= 11 is 0. The van der Waals surface area contributed by atoms with Crippen molar-refractivity contribution in [2.75, 3.05) is 6.54 Å². The zero-order valence-electron chi connectivity index (χ0n) is 10.1. The highest BCUT2D eigenvalue weighted by Gasteiger charge is 2.17. The van der Waals surface area contributed by atoms with E-state index >= 15 is 0 Å². The fourth-order valence-electron chi connectivity index (χ4n) is 1.34. The predicted octanol–water partition coefficient (Wildman–Crippen LogP) is 1.22. The molecule has 0 unspecified atom stereocenters. The van der Waals surface area contributed by atoms with E-state index in [4.69, 9.17) is 0 Å². The Balaban J connectivity index is 2.64. The lowest BCUT2D eigenvalue weighted by Crippen LogP contribution is -2.40. The van der Waals surface area contributed by atoms with E-state index in [1.54, 1.807) is 13.8 Å². The summed E-state index contributed by atoms with van der Waals surface area (Å²) in [5.74, 6) is -3.30. The number of nitrogens with one attached hydrogen (secondary N) is 2. The van der Waals surface area contributed by atoms with Crippen molar-refractivity contribution in [2.45, 2.75) is 19.9 Å². The van der Waals surface area contributed by atoms with E-state index in [0.717, 1.165) is 18.2 Å². The molecule has 1 rings (SSSR count). The maximum atomic E-state index is 13.2. The average molecular weight is 256 g/mol. The van der Waals surface area contributed by atoms with Crippen molar-refractivity contribution in [3.05, 3.63) is 35.4 Å². The molecule has 0 aliphatic rings. The summed E-state index contributed by atoms with van der Waals surface area (Å²) in [6, 6.07) is 3.05. The van der Waals surface area contributed by atoms with Crippen LogP contribution in [0.2, 0.25) is 0 Å². The van der Waals surface area contributed by atoms with Gasteiger partial charge < -0.3 is 10.6 Å². The molecule has 4 nitrogen and oxygen atoms in total. The van der Waals surface area contributed by atoms with Gasteiger partial charge in [-0.1, -0.05) is 6.07 Å². The number of amides is 2. The van der Waals surface area contributed by atoms with Crippen LogP contribution in [0.3, 0.4) is 0 Å². The van der Waals surface area contributed by atoms with Gasteiger partial charge in [0, 0.05) is 6.04 Å². The molecule has 0 saturated carbocycles. The Bertz CT molecular complexity index is 441. The Kier molecular flexibility index (Phi) is 4.76. The maximum absolute atomic E-state index is 13.2. The molecule has 1 aromatic carbocycles. The molecule has 0 aliphatic carbocycles. The zero-order valence-corrected chi connectivity index (χ0v) is 10.1. The molecular weight excluding hydrogens is 242 g/mol. The molecule has 0 fully saturated rings. The van der Waals surface area contributed by atoms with Gasteiger partial charge in [-0.3, -0.25) is 9.59 Å². The molecule has 98 valence electrons. The van der Waals surface area contributed by atoms with E-state index in [0.29, 0.717) is 0 Å². The second-order valence-corrected chi connectivity index (χ2v) is 4.00. The van der Waals surface area contributed by atoms with Gasteiger partial charge >= 0.3 is 0 Å². The quantitative estimate of drug-likeness (QED) is 0.851. The second-order valence-electron chi connectivity index (χ2n) is 4.00. The lowest BCUT2D eigenvalue weighted by molar-refractivity contribution is -0.120. The van der Waals surface area contributed by atoms with Gasteiger partial charge in [0.2, 0.25) is 5.91 Å². The smallest absolute Gasteiger partial charge is 0.257 e. The molecule has 0 saturated heterocycles. The van der Waals surface area contributed by atoms with Gasteiger partial charge in [0.1, 0.15) is 17.2 Å². The fourth-order valence-corrected chi connectivity index (χ4v) is 1.34. The molecule has 0 bridgehead atoms. The maximum Gasteiger partial charge on any atom is 0.257 e. The largest absolute Gasteiger partial charge is 0.352 e. The van der Waals surface area contributed by atoms with Crippen molar-refractivity contribution in [2.24, 2.45) is 0 Å². The third kappa shape index (κ3) is 3.80. The number of hydrogen-bond donors (Lipinski definition) is 2.